The van der Waals surface area contributed by atoms with Crippen LogP contribution in [0.5, 0.6) is 0 Å². The average Bonchev–Trinajstić information content (AvgIpc) is 2.27. The second kappa shape index (κ2) is 8.17. The van der Waals surface area contributed by atoms with E-state index >= 15 is 0 Å². The molecule has 0 saturated heterocycles. The van der Waals surface area contributed by atoms with Crippen LogP contribution in [0.25, 0.3) is 0 Å². The van der Waals surface area contributed by atoms with Crippen molar-refractivity contribution in [3.8, 4) is 0 Å². The zero-order valence-corrected chi connectivity index (χ0v) is 10.6. The summed E-state index contributed by atoms with van der Waals surface area (Å²) in [6, 6.07) is 9.75. The van der Waals surface area contributed by atoms with Crippen LogP contribution in [-0.4, -0.2) is 5.97 Å². The Labute approximate surface area is 103 Å². The van der Waals surface area contributed by atoms with Crippen molar-refractivity contribution in [1.82, 2.24) is 0 Å². The fourth-order valence-corrected chi connectivity index (χ4v) is 1.42. The van der Waals surface area contributed by atoms with Gasteiger partial charge in [-0.15, -0.1) is 12.4 Å². The van der Waals surface area contributed by atoms with Crippen LogP contribution in [0.4, 0.5) is 0 Å². The molecule has 0 heterocycles. The van der Waals surface area contributed by atoms with Crippen LogP contribution in [0.3, 0.4) is 0 Å². The molecule has 0 fully saturated rings. The van der Waals surface area contributed by atoms with E-state index in [1.54, 1.807) is 0 Å². The molecule has 3 heteroatoms. The van der Waals surface area contributed by atoms with Crippen molar-refractivity contribution in [2.45, 2.75) is 33.3 Å². The van der Waals surface area contributed by atoms with Crippen molar-refractivity contribution in [1.29, 1.82) is 0 Å². The zero-order valence-electron chi connectivity index (χ0n) is 9.81. The van der Waals surface area contributed by atoms with E-state index in [9.17, 15) is 4.79 Å². The Morgan fingerprint density at radius 3 is 2.50 bits per heavy atom. The number of hydrogen-bond acceptors (Lipinski definition) is 2. The van der Waals surface area contributed by atoms with Crippen molar-refractivity contribution in [2.24, 2.45) is 5.92 Å². The Morgan fingerprint density at radius 1 is 1.31 bits per heavy atom. The van der Waals surface area contributed by atoms with E-state index in [0.29, 0.717) is 6.61 Å². The van der Waals surface area contributed by atoms with Gasteiger partial charge in [0.05, 0.1) is 5.92 Å². The number of benzene rings is 1. The summed E-state index contributed by atoms with van der Waals surface area (Å²) >= 11 is 0. The maximum absolute atomic E-state index is 11.5. The SMILES string of the molecule is CCCC(C)C(=O)OCc1ccccc1.Cl. The molecule has 90 valence electrons. The fraction of sp³-hybridized carbons (Fsp3) is 0.462. The van der Waals surface area contributed by atoms with Gasteiger partial charge in [0.1, 0.15) is 6.61 Å². The minimum absolute atomic E-state index is 0. The van der Waals surface area contributed by atoms with Crippen LogP contribution in [0.2, 0.25) is 0 Å². The molecule has 1 rings (SSSR count). The van der Waals surface area contributed by atoms with Gasteiger partial charge in [-0.25, -0.2) is 0 Å². The predicted octanol–water partition coefficient (Wildman–Crippen LogP) is 3.59. The minimum atomic E-state index is -0.0966. The molecular weight excluding hydrogens is 224 g/mol. The number of esters is 1. The quantitative estimate of drug-likeness (QED) is 0.738. The molecule has 0 aliphatic heterocycles. The third kappa shape index (κ3) is 5.17. The van der Waals surface area contributed by atoms with Gasteiger partial charge in [0.15, 0.2) is 0 Å². The summed E-state index contributed by atoms with van der Waals surface area (Å²) in [7, 11) is 0. The molecule has 2 nitrogen and oxygen atoms in total. The van der Waals surface area contributed by atoms with Crippen molar-refractivity contribution in [2.75, 3.05) is 0 Å². The maximum atomic E-state index is 11.5. The minimum Gasteiger partial charge on any atom is -0.461 e. The molecule has 16 heavy (non-hydrogen) atoms. The third-order valence-corrected chi connectivity index (χ3v) is 2.35. The van der Waals surface area contributed by atoms with E-state index in [1.165, 1.54) is 0 Å². The van der Waals surface area contributed by atoms with Gasteiger partial charge in [-0.05, 0) is 12.0 Å². The maximum Gasteiger partial charge on any atom is 0.308 e. The third-order valence-electron chi connectivity index (χ3n) is 2.35. The monoisotopic (exact) mass is 242 g/mol. The van der Waals surface area contributed by atoms with Gasteiger partial charge in [0.25, 0.3) is 0 Å². The molecular formula is C13H19ClO2. The smallest absolute Gasteiger partial charge is 0.308 e. The largest absolute Gasteiger partial charge is 0.461 e. The Hall–Kier alpha value is -1.02. The molecule has 0 radical (unpaired) electrons. The number of carbonyl (C=O) groups is 1. The van der Waals surface area contributed by atoms with E-state index in [1.807, 2.05) is 37.3 Å². The highest BCUT2D eigenvalue weighted by molar-refractivity contribution is 5.85. The Balaban J connectivity index is 0.00000225. The van der Waals surface area contributed by atoms with Crippen LogP contribution in [0.15, 0.2) is 30.3 Å². The molecule has 0 bridgehead atoms. The highest BCUT2D eigenvalue weighted by atomic mass is 35.5. The molecule has 1 aromatic carbocycles. The number of hydrogen-bond donors (Lipinski definition) is 0. The summed E-state index contributed by atoms with van der Waals surface area (Å²) in [6.45, 7) is 4.37. The summed E-state index contributed by atoms with van der Waals surface area (Å²) < 4.78 is 5.20. The Morgan fingerprint density at radius 2 is 1.94 bits per heavy atom. The van der Waals surface area contributed by atoms with E-state index in [2.05, 4.69) is 6.92 Å². The average molecular weight is 243 g/mol. The molecule has 0 amide bonds. The van der Waals surface area contributed by atoms with E-state index in [0.717, 1.165) is 18.4 Å². The molecule has 0 aromatic heterocycles. The summed E-state index contributed by atoms with van der Waals surface area (Å²) in [4.78, 5) is 11.5. The van der Waals surface area contributed by atoms with Gasteiger partial charge in [0.2, 0.25) is 0 Å². The normalized spacial score (nSPS) is 11.4. The Kier molecular flexibility index (Phi) is 7.65. The van der Waals surface area contributed by atoms with Crippen molar-refractivity contribution >= 4 is 18.4 Å². The first-order chi connectivity index (χ1) is 7.24. The standard InChI is InChI=1S/C13H18O2.ClH/c1-3-7-11(2)13(14)15-10-12-8-5-4-6-9-12;/h4-6,8-9,11H,3,7,10H2,1-2H3;1H. The molecule has 1 atom stereocenters. The predicted molar refractivity (Wildman–Crippen MR) is 67.6 cm³/mol. The number of halogens is 1. The van der Waals surface area contributed by atoms with Crippen molar-refractivity contribution < 1.29 is 9.53 Å². The summed E-state index contributed by atoms with van der Waals surface area (Å²) in [6.07, 6.45) is 1.91. The van der Waals surface area contributed by atoms with Crippen LogP contribution in [-0.2, 0) is 16.1 Å². The van der Waals surface area contributed by atoms with Gasteiger partial charge in [-0.3, -0.25) is 4.79 Å². The first-order valence-corrected chi connectivity index (χ1v) is 5.44. The van der Waals surface area contributed by atoms with Gasteiger partial charge < -0.3 is 4.74 Å². The van der Waals surface area contributed by atoms with Crippen LogP contribution < -0.4 is 0 Å². The first kappa shape index (κ1) is 15.0. The molecule has 0 aliphatic carbocycles. The molecule has 1 unspecified atom stereocenters. The molecule has 0 saturated carbocycles. The van der Waals surface area contributed by atoms with E-state index in [-0.39, 0.29) is 24.3 Å². The second-order valence-corrected chi connectivity index (χ2v) is 3.78. The number of ether oxygens (including phenoxy) is 1. The molecule has 0 aliphatic rings. The lowest BCUT2D eigenvalue weighted by Gasteiger charge is -2.10. The summed E-state index contributed by atoms with van der Waals surface area (Å²) in [5, 5.41) is 0. The Bertz CT molecular complexity index is 298. The van der Waals surface area contributed by atoms with Gasteiger partial charge >= 0.3 is 5.97 Å². The van der Waals surface area contributed by atoms with E-state index in [4.69, 9.17) is 4.74 Å². The highest BCUT2D eigenvalue weighted by Crippen LogP contribution is 2.09. The van der Waals surface area contributed by atoms with Crippen LogP contribution >= 0.6 is 12.4 Å². The lowest BCUT2D eigenvalue weighted by Crippen LogP contribution is -2.14. The van der Waals surface area contributed by atoms with E-state index < -0.39 is 0 Å². The van der Waals surface area contributed by atoms with Crippen LogP contribution in [0, 0.1) is 5.92 Å². The summed E-state index contributed by atoms with van der Waals surface area (Å²) in [5.74, 6) is -0.0839. The fourth-order valence-electron chi connectivity index (χ4n) is 1.42. The second-order valence-electron chi connectivity index (χ2n) is 3.78. The lowest BCUT2D eigenvalue weighted by molar-refractivity contribution is -0.149. The van der Waals surface area contributed by atoms with Crippen molar-refractivity contribution in [3.05, 3.63) is 35.9 Å². The van der Waals surface area contributed by atoms with Gasteiger partial charge in [0, 0.05) is 0 Å². The van der Waals surface area contributed by atoms with Crippen molar-refractivity contribution in [3.63, 3.8) is 0 Å². The lowest BCUT2D eigenvalue weighted by atomic mass is 10.1. The number of rotatable bonds is 5. The molecule has 1 aromatic rings. The highest BCUT2D eigenvalue weighted by Gasteiger charge is 2.12. The number of carbonyl (C=O) groups excluding carboxylic acids is 1. The van der Waals surface area contributed by atoms with Gasteiger partial charge in [-0.1, -0.05) is 50.6 Å². The first-order valence-electron chi connectivity index (χ1n) is 5.44. The molecule has 0 spiro atoms. The summed E-state index contributed by atoms with van der Waals surface area (Å²) in [5.41, 5.74) is 1.04. The van der Waals surface area contributed by atoms with Crippen LogP contribution in [0.1, 0.15) is 32.3 Å². The molecule has 0 N–H and O–H groups in total. The zero-order chi connectivity index (χ0) is 11.1. The topological polar surface area (TPSA) is 26.3 Å². The van der Waals surface area contributed by atoms with Gasteiger partial charge in [-0.2, -0.15) is 0 Å².